The van der Waals surface area contributed by atoms with Crippen LogP contribution in [0.4, 0.5) is 0 Å². The Bertz CT molecular complexity index is 722. The number of aliphatic carboxylic acids is 1. The van der Waals surface area contributed by atoms with E-state index in [-0.39, 0.29) is 6.42 Å². The molecular weight excluding hydrogens is 252 g/mol. The highest BCUT2D eigenvalue weighted by molar-refractivity contribution is 5.91. The number of nitriles is 1. The van der Waals surface area contributed by atoms with E-state index in [1.165, 1.54) is 11.3 Å². The van der Waals surface area contributed by atoms with E-state index in [0.29, 0.717) is 13.0 Å². The number of carbonyl (C=O) groups is 1. The van der Waals surface area contributed by atoms with Gasteiger partial charge in [-0.2, -0.15) is 5.26 Å². The molecule has 2 aromatic rings. The van der Waals surface area contributed by atoms with Gasteiger partial charge in [-0.05, 0) is 43.4 Å². The highest BCUT2D eigenvalue weighted by Gasteiger charge is 2.23. The van der Waals surface area contributed by atoms with Crippen LogP contribution in [-0.2, 0) is 24.2 Å². The molecule has 0 fully saturated rings. The molecule has 3 rings (SSSR count). The predicted octanol–water partition coefficient (Wildman–Crippen LogP) is 2.87. The molecule has 1 N–H and O–H groups in total. The molecule has 1 aromatic carbocycles. The molecule has 0 amide bonds. The van der Waals surface area contributed by atoms with Gasteiger partial charge in [-0.25, -0.2) is 0 Å². The summed E-state index contributed by atoms with van der Waals surface area (Å²) < 4.78 is 2.22. The SMILES string of the molecule is N#Cc1cccc2c1c1c(n2CCCC(=O)O)CCC1. The Labute approximate surface area is 117 Å². The monoisotopic (exact) mass is 268 g/mol. The summed E-state index contributed by atoms with van der Waals surface area (Å²) in [5, 5.41) is 19.1. The second kappa shape index (κ2) is 5.01. The van der Waals surface area contributed by atoms with Gasteiger partial charge in [0.05, 0.1) is 11.6 Å². The van der Waals surface area contributed by atoms with E-state index in [1.54, 1.807) is 0 Å². The van der Waals surface area contributed by atoms with Gasteiger partial charge in [-0.15, -0.1) is 0 Å². The highest BCUT2D eigenvalue weighted by atomic mass is 16.4. The molecule has 0 atom stereocenters. The van der Waals surface area contributed by atoms with Gasteiger partial charge in [0, 0.05) is 29.6 Å². The van der Waals surface area contributed by atoms with E-state index in [4.69, 9.17) is 5.11 Å². The van der Waals surface area contributed by atoms with Gasteiger partial charge >= 0.3 is 5.97 Å². The molecular formula is C16H16N2O2. The second-order valence-electron chi connectivity index (χ2n) is 5.24. The normalized spacial score (nSPS) is 13.3. The summed E-state index contributed by atoms with van der Waals surface area (Å²) in [6.07, 6.45) is 3.99. The van der Waals surface area contributed by atoms with E-state index in [0.717, 1.165) is 35.7 Å². The fourth-order valence-corrected chi connectivity index (χ4v) is 3.26. The van der Waals surface area contributed by atoms with Gasteiger partial charge in [-0.1, -0.05) is 6.07 Å². The lowest BCUT2D eigenvalue weighted by Gasteiger charge is -2.08. The maximum atomic E-state index is 10.7. The Morgan fingerprint density at radius 1 is 1.40 bits per heavy atom. The van der Waals surface area contributed by atoms with Crippen molar-refractivity contribution in [3.8, 4) is 6.07 Å². The zero-order chi connectivity index (χ0) is 14.1. The Balaban J connectivity index is 2.08. The number of nitrogens with zero attached hydrogens (tertiary/aromatic N) is 2. The van der Waals surface area contributed by atoms with Crippen LogP contribution in [0.5, 0.6) is 0 Å². The van der Waals surface area contributed by atoms with Crippen LogP contribution in [0, 0.1) is 11.3 Å². The summed E-state index contributed by atoms with van der Waals surface area (Å²) in [5.41, 5.74) is 4.41. The molecule has 0 aliphatic heterocycles. The quantitative estimate of drug-likeness (QED) is 0.927. The lowest BCUT2D eigenvalue weighted by Crippen LogP contribution is -2.04. The zero-order valence-electron chi connectivity index (χ0n) is 11.2. The summed E-state index contributed by atoms with van der Waals surface area (Å²) in [6, 6.07) is 8.09. The maximum Gasteiger partial charge on any atom is 0.303 e. The highest BCUT2D eigenvalue weighted by Crippen LogP contribution is 2.35. The van der Waals surface area contributed by atoms with Crippen LogP contribution in [0.15, 0.2) is 18.2 Å². The summed E-state index contributed by atoms with van der Waals surface area (Å²) in [4.78, 5) is 10.7. The molecule has 0 saturated heterocycles. The number of benzene rings is 1. The van der Waals surface area contributed by atoms with Crippen LogP contribution in [0.1, 0.15) is 36.1 Å². The van der Waals surface area contributed by atoms with Crippen molar-refractivity contribution in [1.29, 1.82) is 5.26 Å². The molecule has 20 heavy (non-hydrogen) atoms. The first-order chi connectivity index (χ1) is 9.72. The predicted molar refractivity (Wildman–Crippen MR) is 75.5 cm³/mol. The first-order valence-corrected chi connectivity index (χ1v) is 6.97. The number of hydrogen-bond donors (Lipinski definition) is 1. The largest absolute Gasteiger partial charge is 0.481 e. The Morgan fingerprint density at radius 3 is 3.00 bits per heavy atom. The second-order valence-corrected chi connectivity index (χ2v) is 5.24. The smallest absolute Gasteiger partial charge is 0.303 e. The summed E-state index contributed by atoms with van der Waals surface area (Å²) in [7, 11) is 0. The topological polar surface area (TPSA) is 66.0 Å². The molecule has 0 unspecified atom stereocenters. The third-order valence-electron chi connectivity index (χ3n) is 4.04. The molecule has 0 radical (unpaired) electrons. The third kappa shape index (κ3) is 1.96. The van der Waals surface area contributed by atoms with Crippen molar-refractivity contribution in [3.05, 3.63) is 35.0 Å². The standard InChI is InChI=1S/C16H16N2O2/c17-10-11-4-1-7-14-16(11)12-5-2-6-13(12)18(14)9-3-8-15(19)20/h1,4,7H,2-3,5-6,8-9H2,(H,19,20). The van der Waals surface area contributed by atoms with Crippen molar-refractivity contribution in [2.75, 3.05) is 0 Å². The van der Waals surface area contributed by atoms with Gasteiger partial charge in [0.1, 0.15) is 0 Å². The van der Waals surface area contributed by atoms with Crippen molar-refractivity contribution in [1.82, 2.24) is 4.57 Å². The van der Waals surface area contributed by atoms with Crippen LogP contribution >= 0.6 is 0 Å². The average Bonchev–Trinajstić information content (AvgIpc) is 3.00. The minimum atomic E-state index is -0.754. The fourth-order valence-electron chi connectivity index (χ4n) is 3.26. The fraction of sp³-hybridized carbons (Fsp3) is 0.375. The van der Waals surface area contributed by atoms with Crippen molar-refractivity contribution in [2.45, 2.75) is 38.6 Å². The van der Waals surface area contributed by atoms with Crippen LogP contribution in [0.25, 0.3) is 10.9 Å². The number of hydrogen-bond acceptors (Lipinski definition) is 2. The Morgan fingerprint density at radius 2 is 2.25 bits per heavy atom. The number of aryl methyl sites for hydroxylation is 2. The van der Waals surface area contributed by atoms with Crippen LogP contribution < -0.4 is 0 Å². The third-order valence-corrected chi connectivity index (χ3v) is 4.04. The summed E-state index contributed by atoms with van der Waals surface area (Å²) in [5.74, 6) is -0.754. The van der Waals surface area contributed by atoms with Crippen molar-refractivity contribution in [2.24, 2.45) is 0 Å². The van der Waals surface area contributed by atoms with Crippen LogP contribution in [0.2, 0.25) is 0 Å². The Hall–Kier alpha value is -2.28. The van der Waals surface area contributed by atoms with E-state index < -0.39 is 5.97 Å². The van der Waals surface area contributed by atoms with E-state index >= 15 is 0 Å². The van der Waals surface area contributed by atoms with E-state index in [2.05, 4.69) is 10.6 Å². The van der Waals surface area contributed by atoms with E-state index in [1.807, 2.05) is 18.2 Å². The number of fused-ring (bicyclic) bond motifs is 3. The molecule has 4 nitrogen and oxygen atoms in total. The lowest BCUT2D eigenvalue weighted by atomic mass is 10.1. The number of carboxylic acids is 1. The van der Waals surface area contributed by atoms with Crippen molar-refractivity contribution < 1.29 is 9.90 Å². The minimum Gasteiger partial charge on any atom is -0.481 e. The van der Waals surface area contributed by atoms with Crippen LogP contribution in [0.3, 0.4) is 0 Å². The zero-order valence-corrected chi connectivity index (χ0v) is 11.2. The summed E-state index contributed by atoms with van der Waals surface area (Å²) >= 11 is 0. The summed E-state index contributed by atoms with van der Waals surface area (Å²) in [6.45, 7) is 0.715. The molecule has 102 valence electrons. The molecule has 1 aromatic heterocycles. The van der Waals surface area contributed by atoms with Gasteiger partial charge in [0.15, 0.2) is 0 Å². The van der Waals surface area contributed by atoms with Gasteiger partial charge in [0.2, 0.25) is 0 Å². The minimum absolute atomic E-state index is 0.187. The molecule has 4 heteroatoms. The Kier molecular flexibility index (Phi) is 3.19. The molecule has 0 saturated carbocycles. The average molecular weight is 268 g/mol. The maximum absolute atomic E-state index is 10.7. The van der Waals surface area contributed by atoms with Gasteiger partial charge < -0.3 is 9.67 Å². The first kappa shape index (κ1) is 12.7. The van der Waals surface area contributed by atoms with Crippen molar-refractivity contribution in [3.63, 3.8) is 0 Å². The number of carboxylic acid groups (broad SMARTS) is 1. The van der Waals surface area contributed by atoms with Crippen molar-refractivity contribution >= 4 is 16.9 Å². The molecule has 1 aliphatic carbocycles. The molecule has 0 bridgehead atoms. The molecule has 1 aliphatic rings. The lowest BCUT2D eigenvalue weighted by molar-refractivity contribution is -0.137. The molecule has 0 spiro atoms. The van der Waals surface area contributed by atoms with E-state index in [9.17, 15) is 10.1 Å². The van der Waals surface area contributed by atoms with Gasteiger partial charge in [0.25, 0.3) is 0 Å². The first-order valence-electron chi connectivity index (χ1n) is 6.97. The number of rotatable bonds is 4. The van der Waals surface area contributed by atoms with Crippen LogP contribution in [-0.4, -0.2) is 15.6 Å². The molecule has 1 heterocycles. The van der Waals surface area contributed by atoms with Gasteiger partial charge in [-0.3, -0.25) is 4.79 Å². The number of aromatic nitrogens is 1.